The second-order valence-electron chi connectivity index (χ2n) is 4.68. The number of para-hydroxylation sites is 2. The van der Waals surface area contributed by atoms with Gasteiger partial charge in [-0.25, -0.2) is 4.98 Å². The predicted molar refractivity (Wildman–Crippen MR) is 88.9 cm³/mol. The molecule has 0 spiro atoms. The molecule has 0 aliphatic heterocycles. The van der Waals surface area contributed by atoms with Crippen LogP contribution in [-0.2, 0) is 0 Å². The monoisotopic (exact) mass is 294 g/mol. The molecular formula is C17H14N2OS. The predicted octanol–water partition coefficient (Wildman–Crippen LogP) is 4.13. The summed E-state index contributed by atoms with van der Waals surface area (Å²) in [5, 5.41) is 1.11. The largest absolute Gasteiger partial charge is 0.322 e. The molecule has 2 heterocycles. The molecule has 4 rings (SSSR count). The number of nitrogens with one attached hydrogen (secondary N) is 1. The quantitative estimate of drug-likeness (QED) is 0.530. The molecule has 0 aliphatic carbocycles. The fraction of sp³-hybridized carbons (Fsp3) is 0.0588. The Morgan fingerprint density at radius 2 is 1.81 bits per heavy atom. The number of hydrogen-bond donors (Lipinski definition) is 1. The first-order valence-corrected chi connectivity index (χ1v) is 7.49. The Morgan fingerprint density at radius 3 is 2.67 bits per heavy atom. The van der Waals surface area contributed by atoms with Crippen LogP contribution >= 0.6 is 11.3 Å². The number of aromatic amines is 1. The highest BCUT2D eigenvalue weighted by atomic mass is 32.1. The van der Waals surface area contributed by atoms with Crippen LogP contribution in [0.15, 0.2) is 64.9 Å². The summed E-state index contributed by atoms with van der Waals surface area (Å²) in [7, 11) is 0. The molecule has 0 fully saturated rings. The van der Waals surface area contributed by atoms with Crippen molar-refractivity contribution >= 4 is 32.5 Å². The highest BCUT2D eigenvalue weighted by molar-refractivity contribution is 7.16. The number of H-pyrrole nitrogens is 1. The van der Waals surface area contributed by atoms with Crippen LogP contribution in [0, 0.1) is 6.92 Å². The summed E-state index contributed by atoms with van der Waals surface area (Å²) in [5.74, 6) is 0. The van der Waals surface area contributed by atoms with E-state index in [9.17, 15) is 4.79 Å². The molecule has 1 N–H and O–H groups in total. The van der Waals surface area contributed by atoms with Crippen molar-refractivity contribution in [3.05, 3.63) is 76.0 Å². The van der Waals surface area contributed by atoms with Crippen LogP contribution in [0.25, 0.3) is 21.1 Å². The summed E-state index contributed by atoms with van der Waals surface area (Å²) in [6, 6.07) is 17.5. The van der Waals surface area contributed by atoms with Crippen molar-refractivity contribution in [2.75, 3.05) is 0 Å². The van der Waals surface area contributed by atoms with E-state index < -0.39 is 0 Å². The van der Waals surface area contributed by atoms with Gasteiger partial charge in [-0.1, -0.05) is 30.3 Å². The number of nitrogens with zero attached hydrogens (tertiary/aromatic N) is 1. The normalized spacial score (nSPS) is 10.3. The average Bonchev–Trinajstić information content (AvgIpc) is 2.96. The molecule has 0 unspecified atom stereocenters. The molecule has 0 atom stereocenters. The topological polar surface area (TPSA) is 45.8 Å². The molecule has 0 bridgehead atoms. The standard InChI is InChI=1S/C10H9NO.C7H5NS/c1-7-6-10(12)11-9-5-3-2-4-8(7)9;1-2-4-7-6(3-1)8-5-9-7/h2-6H,1H3,(H,11,12);1-5H. The Kier molecular flexibility index (Phi) is 3.79. The number of aryl methyl sites for hydroxylation is 1. The van der Waals surface area contributed by atoms with Crippen LogP contribution in [0.2, 0.25) is 0 Å². The van der Waals surface area contributed by atoms with Crippen LogP contribution in [0.1, 0.15) is 5.56 Å². The highest BCUT2D eigenvalue weighted by Crippen LogP contribution is 2.15. The lowest BCUT2D eigenvalue weighted by atomic mass is 10.1. The minimum atomic E-state index is -0.0359. The lowest BCUT2D eigenvalue weighted by Crippen LogP contribution is -2.04. The Morgan fingerprint density at radius 1 is 1.05 bits per heavy atom. The van der Waals surface area contributed by atoms with Gasteiger partial charge in [-0.3, -0.25) is 4.79 Å². The Balaban J connectivity index is 0.000000131. The number of hydrogen-bond acceptors (Lipinski definition) is 3. The van der Waals surface area contributed by atoms with E-state index in [-0.39, 0.29) is 5.56 Å². The van der Waals surface area contributed by atoms with Crippen molar-refractivity contribution in [2.45, 2.75) is 6.92 Å². The van der Waals surface area contributed by atoms with E-state index in [0.717, 1.165) is 22.0 Å². The van der Waals surface area contributed by atoms with Gasteiger partial charge >= 0.3 is 0 Å². The lowest BCUT2D eigenvalue weighted by Gasteiger charge is -1.98. The maximum absolute atomic E-state index is 11.0. The van der Waals surface area contributed by atoms with Gasteiger partial charge in [-0.2, -0.15) is 0 Å². The second kappa shape index (κ2) is 5.89. The zero-order valence-electron chi connectivity index (χ0n) is 11.5. The second-order valence-corrected chi connectivity index (χ2v) is 5.57. The van der Waals surface area contributed by atoms with Gasteiger partial charge < -0.3 is 4.98 Å². The maximum atomic E-state index is 11.0. The zero-order valence-corrected chi connectivity index (χ0v) is 12.4. The number of rotatable bonds is 0. The first kappa shape index (κ1) is 13.5. The summed E-state index contributed by atoms with van der Waals surface area (Å²) in [6.45, 7) is 1.94. The molecule has 2 aromatic carbocycles. The van der Waals surface area contributed by atoms with Crippen LogP contribution in [0.3, 0.4) is 0 Å². The van der Waals surface area contributed by atoms with Gasteiger partial charge in [0.2, 0.25) is 5.56 Å². The molecule has 2 aromatic heterocycles. The van der Waals surface area contributed by atoms with E-state index in [4.69, 9.17) is 0 Å². The maximum Gasteiger partial charge on any atom is 0.248 e. The van der Waals surface area contributed by atoms with Crippen LogP contribution < -0.4 is 5.56 Å². The molecule has 3 nitrogen and oxygen atoms in total. The fourth-order valence-electron chi connectivity index (χ4n) is 2.18. The molecule has 0 saturated carbocycles. The minimum absolute atomic E-state index is 0.0359. The third-order valence-corrected chi connectivity index (χ3v) is 4.00. The number of benzene rings is 2. The summed E-state index contributed by atoms with van der Waals surface area (Å²) in [4.78, 5) is 18.0. The average molecular weight is 294 g/mol. The molecule has 0 radical (unpaired) electrons. The van der Waals surface area contributed by atoms with Crippen LogP contribution in [0.5, 0.6) is 0 Å². The molecule has 0 aliphatic rings. The van der Waals surface area contributed by atoms with Crippen molar-refractivity contribution in [3.8, 4) is 0 Å². The van der Waals surface area contributed by atoms with Crippen molar-refractivity contribution in [2.24, 2.45) is 0 Å². The Labute approximate surface area is 125 Å². The molecule has 104 valence electrons. The molecule has 0 saturated heterocycles. The van der Waals surface area contributed by atoms with E-state index in [0.29, 0.717) is 0 Å². The van der Waals surface area contributed by atoms with Gasteiger partial charge in [-0.05, 0) is 30.7 Å². The minimum Gasteiger partial charge on any atom is -0.322 e. The summed E-state index contributed by atoms with van der Waals surface area (Å²) < 4.78 is 1.26. The van der Waals surface area contributed by atoms with E-state index >= 15 is 0 Å². The fourth-order valence-corrected chi connectivity index (χ4v) is 2.86. The van der Waals surface area contributed by atoms with E-state index in [1.165, 1.54) is 4.70 Å². The van der Waals surface area contributed by atoms with Gasteiger partial charge in [0.05, 0.1) is 15.7 Å². The molecule has 0 amide bonds. The van der Waals surface area contributed by atoms with Gasteiger partial charge in [0.1, 0.15) is 0 Å². The number of pyridine rings is 1. The smallest absolute Gasteiger partial charge is 0.248 e. The molecule has 4 heteroatoms. The van der Waals surface area contributed by atoms with Gasteiger partial charge in [0.25, 0.3) is 0 Å². The van der Waals surface area contributed by atoms with Gasteiger partial charge in [-0.15, -0.1) is 11.3 Å². The molecular weight excluding hydrogens is 280 g/mol. The van der Waals surface area contributed by atoms with Crippen LogP contribution in [0.4, 0.5) is 0 Å². The summed E-state index contributed by atoms with van der Waals surface area (Å²) >= 11 is 1.68. The Bertz CT molecular complexity index is 910. The zero-order chi connectivity index (χ0) is 14.7. The number of aromatic nitrogens is 2. The molecule has 4 aromatic rings. The number of fused-ring (bicyclic) bond motifs is 2. The first-order chi connectivity index (χ1) is 10.2. The number of thiazole rings is 1. The summed E-state index contributed by atoms with van der Waals surface area (Å²) in [6.07, 6.45) is 0. The van der Waals surface area contributed by atoms with Crippen molar-refractivity contribution in [1.29, 1.82) is 0 Å². The lowest BCUT2D eigenvalue weighted by molar-refractivity contribution is 1.28. The Hall–Kier alpha value is -2.46. The third-order valence-electron chi connectivity index (χ3n) is 3.19. The van der Waals surface area contributed by atoms with Crippen molar-refractivity contribution < 1.29 is 0 Å². The van der Waals surface area contributed by atoms with Gasteiger partial charge in [0.15, 0.2) is 0 Å². The van der Waals surface area contributed by atoms with E-state index in [1.807, 2.05) is 54.9 Å². The van der Waals surface area contributed by atoms with Crippen molar-refractivity contribution in [3.63, 3.8) is 0 Å². The van der Waals surface area contributed by atoms with Crippen LogP contribution in [-0.4, -0.2) is 9.97 Å². The van der Waals surface area contributed by atoms with Crippen molar-refractivity contribution in [1.82, 2.24) is 9.97 Å². The third kappa shape index (κ3) is 3.01. The highest BCUT2D eigenvalue weighted by Gasteiger charge is 1.96. The van der Waals surface area contributed by atoms with E-state index in [2.05, 4.69) is 16.0 Å². The molecule has 21 heavy (non-hydrogen) atoms. The van der Waals surface area contributed by atoms with E-state index in [1.54, 1.807) is 17.4 Å². The van der Waals surface area contributed by atoms with Gasteiger partial charge in [0, 0.05) is 17.0 Å². The summed E-state index contributed by atoms with van der Waals surface area (Å²) in [5.41, 5.74) is 4.86. The SMILES string of the molecule is Cc1cc(=O)[nH]c2ccccc12.c1ccc2scnc2c1. The first-order valence-electron chi connectivity index (χ1n) is 6.61.